The minimum absolute atomic E-state index is 0.0248. The Hall–Kier alpha value is -1.81. The molecule has 4 nitrogen and oxygen atoms in total. The molecule has 2 heterocycles. The van der Waals surface area contributed by atoms with Crippen LogP contribution < -0.4 is 0 Å². The Kier molecular flexibility index (Phi) is 3.25. The van der Waals surface area contributed by atoms with Crippen molar-refractivity contribution in [2.75, 3.05) is 13.2 Å². The Morgan fingerprint density at radius 3 is 3.11 bits per heavy atom. The van der Waals surface area contributed by atoms with Crippen molar-refractivity contribution in [2.45, 2.75) is 25.3 Å². The van der Waals surface area contributed by atoms with Crippen LogP contribution in [0.2, 0.25) is 0 Å². The Morgan fingerprint density at radius 2 is 2.26 bits per heavy atom. The fourth-order valence-electron chi connectivity index (χ4n) is 2.81. The highest BCUT2D eigenvalue weighted by molar-refractivity contribution is 5.98. The lowest BCUT2D eigenvalue weighted by atomic mass is 10.0. The lowest BCUT2D eigenvalue weighted by Gasteiger charge is -2.34. The van der Waals surface area contributed by atoms with E-state index in [2.05, 4.69) is 4.98 Å². The van der Waals surface area contributed by atoms with Gasteiger partial charge in [-0.05, 0) is 43.5 Å². The number of carbonyl (C=O) groups excluding carboxylic acids is 1. The van der Waals surface area contributed by atoms with Crippen molar-refractivity contribution in [1.82, 2.24) is 9.88 Å². The van der Waals surface area contributed by atoms with Crippen LogP contribution >= 0.6 is 0 Å². The summed E-state index contributed by atoms with van der Waals surface area (Å²) in [6, 6.07) is 7.64. The quantitative estimate of drug-likeness (QED) is 0.867. The van der Waals surface area contributed by atoms with E-state index in [-0.39, 0.29) is 18.6 Å². The average molecular weight is 258 g/mol. The van der Waals surface area contributed by atoms with Gasteiger partial charge in [-0.15, -0.1) is 0 Å². The molecular formula is C15H18N2O2. The molecule has 1 aliphatic rings. The predicted molar refractivity (Wildman–Crippen MR) is 74.1 cm³/mol. The molecule has 2 N–H and O–H groups in total. The third-order valence-corrected chi connectivity index (χ3v) is 3.90. The number of H-pyrrole nitrogens is 1. The number of piperidine rings is 1. The molecule has 1 fully saturated rings. The molecule has 1 unspecified atom stereocenters. The minimum Gasteiger partial charge on any atom is -0.394 e. The number of fused-ring (bicyclic) bond motifs is 1. The summed E-state index contributed by atoms with van der Waals surface area (Å²) in [7, 11) is 0. The first-order chi connectivity index (χ1) is 9.29. The molecule has 2 aromatic rings. The summed E-state index contributed by atoms with van der Waals surface area (Å²) in [6.45, 7) is 0.799. The van der Waals surface area contributed by atoms with E-state index in [0.29, 0.717) is 5.56 Å². The van der Waals surface area contributed by atoms with E-state index < -0.39 is 0 Å². The molecular weight excluding hydrogens is 240 g/mol. The number of benzene rings is 1. The van der Waals surface area contributed by atoms with Gasteiger partial charge in [0.2, 0.25) is 0 Å². The summed E-state index contributed by atoms with van der Waals surface area (Å²) >= 11 is 0. The Bertz CT molecular complexity index is 591. The topological polar surface area (TPSA) is 56.3 Å². The first-order valence-electron chi connectivity index (χ1n) is 6.78. The molecule has 1 amide bonds. The molecule has 4 heteroatoms. The Morgan fingerprint density at radius 1 is 1.37 bits per heavy atom. The van der Waals surface area contributed by atoms with Gasteiger partial charge in [0.15, 0.2) is 0 Å². The van der Waals surface area contributed by atoms with Crippen molar-refractivity contribution >= 4 is 16.8 Å². The van der Waals surface area contributed by atoms with Crippen molar-refractivity contribution in [3.63, 3.8) is 0 Å². The van der Waals surface area contributed by atoms with E-state index >= 15 is 0 Å². The average Bonchev–Trinajstić information content (AvgIpc) is 2.93. The summed E-state index contributed by atoms with van der Waals surface area (Å²) in [4.78, 5) is 17.5. The number of nitrogens with one attached hydrogen (secondary N) is 1. The van der Waals surface area contributed by atoms with Gasteiger partial charge in [0.1, 0.15) is 0 Å². The zero-order valence-electron chi connectivity index (χ0n) is 10.8. The molecule has 1 atom stereocenters. The molecule has 3 rings (SSSR count). The zero-order chi connectivity index (χ0) is 13.2. The number of nitrogens with zero attached hydrogens (tertiary/aromatic N) is 1. The number of rotatable bonds is 2. The summed E-state index contributed by atoms with van der Waals surface area (Å²) in [5.41, 5.74) is 1.74. The predicted octanol–water partition coefficient (Wildman–Crippen LogP) is 2.15. The van der Waals surface area contributed by atoms with Crippen LogP contribution in [-0.2, 0) is 0 Å². The van der Waals surface area contributed by atoms with E-state index in [0.717, 1.165) is 36.7 Å². The van der Waals surface area contributed by atoms with Crippen LogP contribution in [0.25, 0.3) is 10.9 Å². The number of hydrogen-bond acceptors (Lipinski definition) is 2. The van der Waals surface area contributed by atoms with Crippen LogP contribution in [0, 0.1) is 0 Å². The lowest BCUT2D eigenvalue weighted by molar-refractivity contribution is 0.0503. The first kappa shape index (κ1) is 12.2. The van der Waals surface area contributed by atoms with Gasteiger partial charge < -0.3 is 15.0 Å². The van der Waals surface area contributed by atoms with E-state index in [9.17, 15) is 9.90 Å². The summed E-state index contributed by atoms with van der Waals surface area (Å²) in [5.74, 6) is 0.0295. The van der Waals surface area contributed by atoms with Crippen LogP contribution in [0.5, 0.6) is 0 Å². The SMILES string of the molecule is O=C(c1ccc2[nH]ccc2c1)N1CCCCC1CO. The molecule has 0 bridgehead atoms. The Balaban J connectivity index is 1.89. The number of aliphatic hydroxyl groups is 1. The minimum atomic E-state index is -0.0248. The molecule has 1 aliphatic heterocycles. The van der Waals surface area contributed by atoms with Crippen LogP contribution in [0.4, 0.5) is 0 Å². The van der Waals surface area contributed by atoms with Gasteiger partial charge in [0, 0.05) is 29.2 Å². The van der Waals surface area contributed by atoms with Gasteiger partial charge >= 0.3 is 0 Å². The number of likely N-dealkylation sites (tertiary alicyclic amines) is 1. The second-order valence-corrected chi connectivity index (χ2v) is 5.11. The van der Waals surface area contributed by atoms with Gasteiger partial charge in [-0.3, -0.25) is 4.79 Å². The van der Waals surface area contributed by atoms with Crippen LogP contribution in [0.3, 0.4) is 0 Å². The number of aliphatic hydroxyl groups excluding tert-OH is 1. The van der Waals surface area contributed by atoms with Gasteiger partial charge in [0.05, 0.1) is 12.6 Å². The Labute approximate surface area is 112 Å². The highest BCUT2D eigenvalue weighted by Gasteiger charge is 2.26. The van der Waals surface area contributed by atoms with Crippen molar-refractivity contribution in [1.29, 1.82) is 0 Å². The molecule has 1 aromatic heterocycles. The fraction of sp³-hybridized carbons (Fsp3) is 0.400. The van der Waals surface area contributed by atoms with E-state index in [1.807, 2.05) is 35.4 Å². The van der Waals surface area contributed by atoms with Gasteiger partial charge in [-0.1, -0.05) is 0 Å². The second kappa shape index (κ2) is 5.05. The third kappa shape index (κ3) is 2.24. The summed E-state index contributed by atoms with van der Waals surface area (Å²) in [5, 5.41) is 10.4. The first-order valence-corrected chi connectivity index (χ1v) is 6.78. The van der Waals surface area contributed by atoms with E-state index in [1.165, 1.54) is 0 Å². The van der Waals surface area contributed by atoms with Gasteiger partial charge in [-0.25, -0.2) is 0 Å². The molecule has 1 saturated heterocycles. The second-order valence-electron chi connectivity index (χ2n) is 5.11. The molecule has 19 heavy (non-hydrogen) atoms. The normalized spacial score (nSPS) is 19.8. The van der Waals surface area contributed by atoms with Crippen molar-refractivity contribution in [2.24, 2.45) is 0 Å². The van der Waals surface area contributed by atoms with Gasteiger partial charge in [-0.2, -0.15) is 0 Å². The standard InChI is InChI=1S/C15H18N2O2/c18-10-13-3-1-2-8-17(13)15(19)12-4-5-14-11(9-12)6-7-16-14/h4-7,9,13,16,18H,1-3,8,10H2. The van der Waals surface area contributed by atoms with Gasteiger partial charge in [0.25, 0.3) is 5.91 Å². The highest BCUT2D eigenvalue weighted by Crippen LogP contribution is 2.21. The molecule has 0 radical (unpaired) electrons. The number of hydrogen-bond donors (Lipinski definition) is 2. The largest absolute Gasteiger partial charge is 0.394 e. The number of amides is 1. The maximum Gasteiger partial charge on any atom is 0.254 e. The van der Waals surface area contributed by atoms with E-state index in [4.69, 9.17) is 0 Å². The van der Waals surface area contributed by atoms with E-state index in [1.54, 1.807) is 0 Å². The molecule has 1 aromatic carbocycles. The molecule has 0 spiro atoms. The van der Waals surface area contributed by atoms with Crippen molar-refractivity contribution in [3.05, 3.63) is 36.0 Å². The molecule has 100 valence electrons. The molecule has 0 saturated carbocycles. The lowest BCUT2D eigenvalue weighted by Crippen LogP contribution is -2.45. The third-order valence-electron chi connectivity index (χ3n) is 3.90. The maximum atomic E-state index is 12.5. The van der Waals surface area contributed by atoms with Crippen LogP contribution in [0.15, 0.2) is 30.5 Å². The van der Waals surface area contributed by atoms with Crippen molar-refractivity contribution in [3.8, 4) is 0 Å². The highest BCUT2D eigenvalue weighted by atomic mass is 16.3. The number of carbonyl (C=O) groups is 1. The zero-order valence-corrected chi connectivity index (χ0v) is 10.8. The monoisotopic (exact) mass is 258 g/mol. The van der Waals surface area contributed by atoms with Crippen LogP contribution in [-0.4, -0.2) is 40.1 Å². The van der Waals surface area contributed by atoms with Crippen molar-refractivity contribution < 1.29 is 9.90 Å². The maximum absolute atomic E-state index is 12.5. The van der Waals surface area contributed by atoms with Crippen LogP contribution in [0.1, 0.15) is 29.6 Å². The molecule has 0 aliphatic carbocycles. The summed E-state index contributed by atoms with van der Waals surface area (Å²) < 4.78 is 0. The smallest absolute Gasteiger partial charge is 0.254 e. The summed E-state index contributed by atoms with van der Waals surface area (Å²) in [6.07, 6.45) is 4.88. The number of aromatic amines is 1. The number of aromatic nitrogens is 1. The fourth-order valence-corrected chi connectivity index (χ4v) is 2.81.